The Morgan fingerprint density at radius 1 is 0.941 bits per heavy atom. The zero-order valence-electron chi connectivity index (χ0n) is 18.2. The molecule has 164 valence electrons. The molecule has 0 amide bonds. The Labute approximate surface area is 199 Å². The van der Waals surface area contributed by atoms with Crippen LogP contribution in [0, 0.1) is 0 Å². The highest BCUT2D eigenvalue weighted by molar-refractivity contribution is 7.13. The van der Waals surface area contributed by atoms with Gasteiger partial charge >= 0.3 is 0 Å². The van der Waals surface area contributed by atoms with Crippen LogP contribution in [0.3, 0.4) is 0 Å². The molecule has 0 unspecified atom stereocenters. The Bertz CT molecular complexity index is 1670. The average Bonchev–Trinajstić information content (AvgIpc) is 3.57. The number of hydrogen-bond acceptors (Lipinski definition) is 6. The number of fused-ring (bicyclic) bond motifs is 6. The van der Waals surface area contributed by atoms with Crippen molar-refractivity contribution >= 4 is 27.8 Å². The summed E-state index contributed by atoms with van der Waals surface area (Å²) in [7, 11) is 1.68. The minimum Gasteiger partial charge on any atom is -0.497 e. The lowest BCUT2D eigenvalue weighted by Gasteiger charge is -2.29. The molecule has 0 aliphatic carbocycles. The van der Waals surface area contributed by atoms with Crippen LogP contribution >= 0.6 is 11.3 Å². The number of methoxy groups -OCH3 is 1. The summed E-state index contributed by atoms with van der Waals surface area (Å²) in [6.07, 6.45) is 1.68. The molecule has 1 aliphatic rings. The topological polar surface area (TPSA) is 61.5 Å². The Morgan fingerprint density at radius 3 is 2.65 bits per heavy atom. The maximum atomic E-state index is 6.38. The molecule has 6 nitrogen and oxygen atoms in total. The van der Waals surface area contributed by atoms with Crippen molar-refractivity contribution in [3.63, 3.8) is 0 Å². The van der Waals surface area contributed by atoms with Crippen molar-refractivity contribution in [3.05, 3.63) is 101 Å². The second kappa shape index (κ2) is 7.40. The highest BCUT2D eigenvalue weighted by Crippen LogP contribution is 2.50. The van der Waals surface area contributed by atoms with Crippen LogP contribution in [-0.2, 0) is 0 Å². The van der Waals surface area contributed by atoms with Crippen LogP contribution < -0.4 is 9.47 Å². The van der Waals surface area contributed by atoms with Crippen LogP contribution in [0.1, 0.15) is 22.6 Å². The largest absolute Gasteiger partial charge is 0.497 e. The fourth-order valence-corrected chi connectivity index (χ4v) is 5.40. The summed E-state index contributed by atoms with van der Waals surface area (Å²) in [6, 6.07) is 24.7. The maximum Gasteiger partial charge on any atom is 0.228 e. The van der Waals surface area contributed by atoms with Crippen LogP contribution in [0.4, 0.5) is 0 Å². The fourth-order valence-electron chi connectivity index (χ4n) is 4.74. The molecule has 0 bridgehead atoms. The van der Waals surface area contributed by atoms with Gasteiger partial charge in [0.2, 0.25) is 5.88 Å². The van der Waals surface area contributed by atoms with Gasteiger partial charge in [-0.05, 0) is 46.0 Å². The van der Waals surface area contributed by atoms with E-state index in [1.54, 1.807) is 29.3 Å². The average molecular weight is 463 g/mol. The van der Waals surface area contributed by atoms with E-state index in [0.717, 1.165) is 49.5 Å². The first-order chi connectivity index (χ1) is 16.8. The standard InChI is InChI=1S/C27H18N4O2S/c1-32-18-11-8-17(9-12-18)22-23-19-6-3-2-5-16(19)10-13-20(23)33-27-24(22)26-29-25(21-7-4-14-34-21)30-31(26)15-28-27/h2-15,22H,1H3/t22-/m0/s1. The first-order valence-electron chi connectivity index (χ1n) is 10.9. The van der Waals surface area contributed by atoms with E-state index in [1.165, 1.54) is 0 Å². The summed E-state index contributed by atoms with van der Waals surface area (Å²) in [5, 5.41) is 9.05. The zero-order valence-corrected chi connectivity index (χ0v) is 19.0. The molecule has 7 rings (SSSR count). The molecule has 0 N–H and O–H groups in total. The number of rotatable bonds is 3. The van der Waals surface area contributed by atoms with Gasteiger partial charge in [-0.3, -0.25) is 0 Å². The molecule has 0 saturated heterocycles. The number of benzene rings is 3. The fraction of sp³-hybridized carbons (Fsp3) is 0.0741. The van der Waals surface area contributed by atoms with E-state index in [4.69, 9.17) is 19.6 Å². The number of hydrogen-bond donors (Lipinski definition) is 0. The van der Waals surface area contributed by atoms with Gasteiger partial charge in [0.25, 0.3) is 0 Å². The molecule has 3 aromatic heterocycles. The number of nitrogens with zero attached hydrogens (tertiary/aromatic N) is 4. The predicted molar refractivity (Wildman–Crippen MR) is 132 cm³/mol. The Balaban J connectivity index is 1.54. The molecular formula is C27H18N4O2S. The van der Waals surface area contributed by atoms with Crippen molar-refractivity contribution < 1.29 is 9.47 Å². The Hall–Kier alpha value is -4.23. The van der Waals surface area contributed by atoms with E-state index in [0.29, 0.717) is 11.7 Å². The molecule has 0 radical (unpaired) electrons. The number of aromatic nitrogens is 4. The SMILES string of the molecule is COc1ccc([C@H]2c3c(ccc4ccccc34)Oc3ncn4nc(-c5cccs5)nc4c32)cc1. The van der Waals surface area contributed by atoms with Gasteiger partial charge in [0, 0.05) is 11.5 Å². The van der Waals surface area contributed by atoms with Crippen LogP contribution in [0.5, 0.6) is 17.4 Å². The summed E-state index contributed by atoms with van der Waals surface area (Å²) in [5.74, 6) is 2.73. The normalized spacial score (nSPS) is 14.6. The maximum absolute atomic E-state index is 6.38. The third-order valence-corrected chi connectivity index (χ3v) is 7.16. The molecule has 1 atom stereocenters. The van der Waals surface area contributed by atoms with Crippen molar-refractivity contribution in [3.8, 4) is 28.1 Å². The molecule has 6 aromatic rings. The van der Waals surface area contributed by atoms with E-state index in [1.807, 2.05) is 35.7 Å². The van der Waals surface area contributed by atoms with E-state index < -0.39 is 0 Å². The molecule has 1 aliphatic heterocycles. The van der Waals surface area contributed by atoms with E-state index >= 15 is 0 Å². The third-order valence-electron chi connectivity index (χ3n) is 6.29. The quantitative estimate of drug-likeness (QED) is 0.308. The van der Waals surface area contributed by atoms with Crippen LogP contribution in [0.15, 0.2) is 84.5 Å². The summed E-state index contributed by atoms with van der Waals surface area (Å²) >= 11 is 1.62. The Kier molecular flexibility index (Phi) is 4.19. The second-order valence-corrected chi connectivity index (χ2v) is 9.10. The first-order valence-corrected chi connectivity index (χ1v) is 11.8. The van der Waals surface area contributed by atoms with Gasteiger partial charge in [0.15, 0.2) is 11.5 Å². The lowest BCUT2D eigenvalue weighted by Crippen LogP contribution is -2.15. The molecule has 0 fully saturated rings. The van der Waals surface area contributed by atoms with Crippen LogP contribution in [0.25, 0.3) is 27.1 Å². The molecule has 7 heteroatoms. The second-order valence-electron chi connectivity index (χ2n) is 8.15. The number of ether oxygens (including phenoxy) is 2. The molecule has 3 aromatic carbocycles. The van der Waals surface area contributed by atoms with Gasteiger partial charge in [-0.2, -0.15) is 0 Å². The minimum absolute atomic E-state index is 0.132. The molecule has 0 spiro atoms. The van der Waals surface area contributed by atoms with Crippen molar-refractivity contribution in [2.24, 2.45) is 0 Å². The van der Waals surface area contributed by atoms with Crippen molar-refractivity contribution in [2.45, 2.75) is 5.92 Å². The van der Waals surface area contributed by atoms with Crippen LogP contribution in [-0.4, -0.2) is 26.7 Å². The van der Waals surface area contributed by atoms with Crippen LogP contribution in [0.2, 0.25) is 0 Å². The van der Waals surface area contributed by atoms with Crippen molar-refractivity contribution in [1.29, 1.82) is 0 Å². The highest BCUT2D eigenvalue weighted by Gasteiger charge is 2.34. The molecule has 4 heterocycles. The highest BCUT2D eigenvalue weighted by atomic mass is 32.1. The smallest absolute Gasteiger partial charge is 0.228 e. The third kappa shape index (κ3) is 2.84. The van der Waals surface area contributed by atoms with Crippen molar-refractivity contribution in [2.75, 3.05) is 7.11 Å². The van der Waals surface area contributed by atoms with Gasteiger partial charge in [-0.25, -0.2) is 14.5 Å². The summed E-state index contributed by atoms with van der Waals surface area (Å²) in [6.45, 7) is 0. The van der Waals surface area contributed by atoms with Gasteiger partial charge in [0.1, 0.15) is 17.8 Å². The summed E-state index contributed by atoms with van der Waals surface area (Å²) in [5.41, 5.74) is 3.87. The summed E-state index contributed by atoms with van der Waals surface area (Å²) < 4.78 is 13.5. The first kappa shape index (κ1) is 19.3. The van der Waals surface area contributed by atoms with Gasteiger partial charge in [0.05, 0.1) is 17.6 Å². The van der Waals surface area contributed by atoms with E-state index in [9.17, 15) is 0 Å². The number of thiophene rings is 1. The molecular weight excluding hydrogens is 444 g/mol. The van der Waals surface area contributed by atoms with Gasteiger partial charge in [-0.15, -0.1) is 16.4 Å². The van der Waals surface area contributed by atoms with Gasteiger partial charge < -0.3 is 9.47 Å². The Morgan fingerprint density at radius 2 is 1.82 bits per heavy atom. The lowest BCUT2D eigenvalue weighted by molar-refractivity contribution is 0.414. The lowest BCUT2D eigenvalue weighted by atomic mass is 9.81. The van der Waals surface area contributed by atoms with E-state index in [2.05, 4.69) is 47.4 Å². The summed E-state index contributed by atoms with van der Waals surface area (Å²) in [4.78, 5) is 10.6. The molecule has 34 heavy (non-hydrogen) atoms. The minimum atomic E-state index is -0.132. The molecule has 0 saturated carbocycles. The van der Waals surface area contributed by atoms with E-state index in [-0.39, 0.29) is 5.92 Å². The monoisotopic (exact) mass is 462 g/mol. The van der Waals surface area contributed by atoms with Crippen molar-refractivity contribution in [1.82, 2.24) is 19.6 Å². The van der Waals surface area contributed by atoms with Gasteiger partial charge in [-0.1, -0.05) is 48.5 Å². The zero-order chi connectivity index (χ0) is 22.6. The predicted octanol–water partition coefficient (Wildman–Crippen LogP) is 6.30.